The average Bonchev–Trinajstić information content (AvgIpc) is 3.23. The van der Waals surface area contributed by atoms with Crippen LogP contribution in [0.3, 0.4) is 0 Å². The third kappa shape index (κ3) is 3.31. The molecule has 0 aliphatic carbocycles. The van der Waals surface area contributed by atoms with E-state index in [0.29, 0.717) is 6.54 Å². The Hall–Kier alpha value is -2.41. The van der Waals surface area contributed by atoms with Gasteiger partial charge in [-0.2, -0.15) is 0 Å². The second kappa shape index (κ2) is 7.07. The topological polar surface area (TPSA) is 72.7 Å². The number of nitrogens with zero attached hydrogens (tertiary/aromatic N) is 4. The maximum Gasteiger partial charge on any atom is 0.233 e. The third-order valence-corrected chi connectivity index (χ3v) is 5.69. The number of fused-ring (bicyclic) bond motifs is 2. The van der Waals surface area contributed by atoms with Crippen LogP contribution >= 0.6 is 11.8 Å². The van der Waals surface area contributed by atoms with Gasteiger partial charge in [0.25, 0.3) is 0 Å². The maximum absolute atomic E-state index is 12.5. The lowest BCUT2D eigenvalue weighted by Gasteiger charge is -2.13. The van der Waals surface area contributed by atoms with Gasteiger partial charge in [-0.15, -0.1) is 10.2 Å². The van der Waals surface area contributed by atoms with Gasteiger partial charge in [0, 0.05) is 18.4 Å². The van der Waals surface area contributed by atoms with E-state index in [4.69, 9.17) is 0 Å². The molecule has 3 aromatic rings. The Morgan fingerprint density at radius 2 is 2.19 bits per heavy atom. The second-order valence-electron chi connectivity index (χ2n) is 6.56. The Morgan fingerprint density at radius 1 is 1.35 bits per heavy atom. The molecular formula is C19H21N5OS. The number of para-hydroxylation sites is 1. The molecule has 3 heterocycles. The summed E-state index contributed by atoms with van der Waals surface area (Å²) in [6, 6.07) is 10.1. The number of aromatic nitrogens is 4. The van der Waals surface area contributed by atoms with Crippen molar-refractivity contribution in [3.8, 4) is 0 Å². The molecule has 2 aromatic heterocycles. The third-order valence-electron chi connectivity index (χ3n) is 4.67. The number of aryl methyl sites for hydroxylation is 2. The number of hydrogen-bond donors (Lipinski definition) is 1. The largest absolute Gasteiger partial charge is 0.348 e. The van der Waals surface area contributed by atoms with Crippen LogP contribution in [0, 0.1) is 6.92 Å². The Morgan fingerprint density at radius 3 is 3.08 bits per heavy atom. The molecule has 0 fully saturated rings. The number of amides is 1. The van der Waals surface area contributed by atoms with Crippen LogP contribution in [0.4, 0.5) is 0 Å². The van der Waals surface area contributed by atoms with Crippen LogP contribution in [-0.2, 0) is 24.3 Å². The zero-order valence-electron chi connectivity index (χ0n) is 14.9. The molecule has 1 aliphatic heterocycles. The molecule has 1 aromatic carbocycles. The number of benzene rings is 1. The van der Waals surface area contributed by atoms with Crippen LogP contribution in [0.2, 0.25) is 0 Å². The van der Waals surface area contributed by atoms with E-state index in [2.05, 4.69) is 38.1 Å². The first-order chi connectivity index (χ1) is 12.6. The zero-order valence-corrected chi connectivity index (χ0v) is 15.7. The lowest BCUT2D eigenvalue weighted by Crippen LogP contribution is -2.31. The van der Waals surface area contributed by atoms with E-state index < -0.39 is 0 Å². The van der Waals surface area contributed by atoms with E-state index in [1.807, 2.05) is 31.2 Å². The molecule has 26 heavy (non-hydrogen) atoms. The van der Waals surface area contributed by atoms with E-state index in [-0.39, 0.29) is 11.2 Å². The Balaban J connectivity index is 1.41. The minimum absolute atomic E-state index is 0.0158. The summed E-state index contributed by atoms with van der Waals surface area (Å²) in [5.74, 6) is 1.84. The quantitative estimate of drug-likeness (QED) is 0.702. The van der Waals surface area contributed by atoms with E-state index in [1.54, 1.807) is 0 Å². The average molecular weight is 367 g/mol. The Bertz CT molecular complexity index is 968. The van der Waals surface area contributed by atoms with Crippen LogP contribution in [0.25, 0.3) is 10.9 Å². The molecular weight excluding hydrogens is 346 g/mol. The van der Waals surface area contributed by atoms with Gasteiger partial charge in [-0.1, -0.05) is 30.0 Å². The van der Waals surface area contributed by atoms with Crippen molar-refractivity contribution in [3.63, 3.8) is 0 Å². The number of thioether (sulfide) groups is 1. The molecule has 0 unspecified atom stereocenters. The lowest BCUT2D eigenvalue weighted by molar-refractivity contribution is -0.120. The summed E-state index contributed by atoms with van der Waals surface area (Å²) in [6.45, 7) is 5.34. The molecule has 6 nitrogen and oxygen atoms in total. The van der Waals surface area contributed by atoms with Gasteiger partial charge in [0.1, 0.15) is 5.82 Å². The van der Waals surface area contributed by atoms with Gasteiger partial charge in [0.2, 0.25) is 5.91 Å². The molecule has 1 atom stereocenters. The number of nitrogens with one attached hydrogen (secondary N) is 1. The number of pyridine rings is 1. The molecule has 134 valence electrons. The van der Waals surface area contributed by atoms with Crippen LogP contribution in [0.5, 0.6) is 0 Å². The highest BCUT2D eigenvalue weighted by Gasteiger charge is 2.20. The Labute approximate surface area is 156 Å². The fraction of sp³-hybridized carbons (Fsp3) is 0.368. The first-order valence-corrected chi connectivity index (χ1v) is 9.71. The van der Waals surface area contributed by atoms with Crippen molar-refractivity contribution >= 4 is 28.6 Å². The van der Waals surface area contributed by atoms with Gasteiger partial charge in [0.15, 0.2) is 5.82 Å². The van der Waals surface area contributed by atoms with Crippen molar-refractivity contribution in [2.45, 2.75) is 50.1 Å². The monoisotopic (exact) mass is 367 g/mol. The lowest BCUT2D eigenvalue weighted by atomic mass is 10.1. The Kier molecular flexibility index (Phi) is 4.63. The van der Waals surface area contributed by atoms with Crippen LogP contribution in [-0.4, -0.2) is 30.9 Å². The normalized spacial score (nSPS) is 14.4. The van der Waals surface area contributed by atoms with Gasteiger partial charge < -0.3 is 9.88 Å². The van der Waals surface area contributed by atoms with Crippen molar-refractivity contribution in [3.05, 3.63) is 47.5 Å². The molecule has 0 saturated carbocycles. The number of carbonyl (C=O) groups excluding carboxylic acids is 1. The molecule has 0 radical (unpaired) electrons. The summed E-state index contributed by atoms with van der Waals surface area (Å²) >= 11 is 1.48. The highest BCUT2D eigenvalue weighted by Crippen LogP contribution is 2.26. The highest BCUT2D eigenvalue weighted by molar-refractivity contribution is 8.00. The van der Waals surface area contributed by atoms with Crippen LogP contribution in [0.15, 0.2) is 35.4 Å². The fourth-order valence-corrected chi connectivity index (χ4v) is 4.21. The molecule has 4 rings (SSSR count). The highest BCUT2D eigenvalue weighted by atomic mass is 32.2. The van der Waals surface area contributed by atoms with Gasteiger partial charge in [-0.25, -0.2) is 4.98 Å². The number of hydrogen-bond acceptors (Lipinski definition) is 5. The summed E-state index contributed by atoms with van der Waals surface area (Å²) < 4.78 is 2.10. The van der Waals surface area contributed by atoms with Crippen molar-refractivity contribution in [2.75, 3.05) is 0 Å². The molecule has 0 saturated heterocycles. The summed E-state index contributed by atoms with van der Waals surface area (Å²) in [4.78, 5) is 17.1. The number of carbonyl (C=O) groups is 1. The fourth-order valence-electron chi connectivity index (χ4n) is 3.26. The van der Waals surface area contributed by atoms with Crippen LogP contribution < -0.4 is 5.32 Å². The SMILES string of the molecule is Cc1cc(S[C@@H](C)C(=O)NCc2nnc3n2CCC3)nc2ccccc12. The predicted octanol–water partition coefficient (Wildman–Crippen LogP) is 2.88. The van der Waals surface area contributed by atoms with Crippen molar-refractivity contribution < 1.29 is 4.79 Å². The zero-order chi connectivity index (χ0) is 18.1. The molecule has 0 bridgehead atoms. The smallest absolute Gasteiger partial charge is 0.233 e. The molecule has 1 amide bonds. The van der Waals surface area contributed by atoms with Crippen LogP contribution in [0.1, 0.15) is 30.6 Å². The van der Waals surface area contributed by atoms with E-state index >= 15 is 0 Å². The standard InChI is InChI=1S/C19H21N5OS/c1-12-10-18(21-15-7-4-3-6-14(12)15)26-13(2)19(25)20-11-17-23-22-16-8-5-9-24(16)17/h3-4,6-7,10,13H,5,8-9,11H2,1-2H3,(H,20,25)/t13-/m0/s1. The van der Waals surface area contributed by atoms with E-state index in [9.17, 15) is 4.79 Å². The first kappa shape index (κ1) is 17.0. The van der Waals surface area contributed by atoms with Gasteiger partial charge in [-0.05, 0) is 38.0 Å². The molecule has 0 spiro atoms. The van der Waals surface area contributed by atoms with E-state index in [0.717, 1.165) is 47.0 Å². The van der Waals surface area contributed by atoms with Gasteiger partial charge in [0.05, 0.1) is 22.3 Å². The summed E-state index contributed by atoms with van der Waals surface area (Å²) in [5.41, 5.74) is 2.13. The summed E-state index contributed by atoms with van der Waals surface area (Å²) in [7, 11) is 0. The molecule has 1 N–H and O–H groups in total. The second-order valence-corrected chi connectivity index (χ2v) is 7.92. The predicted molar refractivity (Wildman–Crippen MR) is 102 cm³/mol. The van der Waals surface area contributed by atoms with Gasteiger partial charge >= 0.3 is 0 Å². The van der Waals surface area contributed by atoms with Crippen molar-refractivity contribution in [2.24, 2.45) is 0 Å². The molecule has 7 heteroatoms. The first-order valence-electron chi connectivity index (χ1n) is 8.83. The minimum Gasteiger partial charge on any atom is -0.348 e. The summed E-state index contributed by atoms with van der Waals surface area (Å²) in [6.07, 6.45) is 2.07. The molecule has 1 aliphatic rings. The van der Waals surface area contributed by atoms with Gasteiger partial charge in [-0.3, -0.25) is 4.79 Å². The minimum atomic E-state index is -0.232. The van der Waals surface area contributed by atoms with Crippen molar-refractivity contribution in [1.82, 2.24) is 25.1 Å². The van der Waals surface area contributed by atoms with Crippen molar-refractivity contribution in [1.29, 1.82) is 0 Å². The number of rotatable bonds is 5. The summed E-state index contributed by atoms with van der Waals surface area (Å²) in [5, 5.41) is 13.1. The maximum atomic E-state index is 12.5. The van der Waals surface area contributed by atoms with E-state index in [1.165, 1.54) is 17.3 Å².